The largest absolute Gasteiger partial charge is 0.480 e. The van der Waals surface area contributed by atoms with Crippen LogP contribution in [0.3, 0.4) is 0 Å². The summed E-state index contributed by atoms with van der Waals surface area (Å²) in [5, 5.41) is 26.1. The van der Waals surface area contributed by atoms with E-state index in [0.717, 1.165) is 50.7 Å². The van der Waals surface area contributed by atoms with Crippen LogP contribution < -0.4 is 5.32 Å². The van der Waals surface area contributed by atoms with Gasteiger partial charge in [0.2, 0.25) is 0 Å². The zero-order valence-electron chi connectivity index (χ0n) is 19.0. The molecule has 3 saturated carbocycles. The van der Waals surface area contributed by atoms with Crippen molar-refractivity contribution in [3.8, 4) is 12.3 Å². The molecule has 4 aliphatic carbocycles. The standard InChI is InChI=1S/C25H34N2O5/c1-4-25(31)12-9-20-18-6-5-16-13-17(27-32-15-21(28)26-14-22(29)30)7-10-23(16,2)19(18)8-11-24(20,25)3/h1,13,18-20,31H,5-12,14-15H2,2-3H3,(H,26,28)(H,29,30)/b27-17+/t18-,19+,20+,23-,24-,25+/m0/s1. The number of allylic oxidation sites excluding steroid dienone is 2. The Bertz CT molecular complexity index is 904. The van der Waals surface area contributed by atoms with Gasteiger partial charge >= 0.3 is 5.97 Å². The van der Waals surface area contributed by atoms with Gasteiger partial charge in [-0.1, -0.05) is 30.5 Å². The molecule has 0 heterocycles. The number of hydrogen-bond donors (Lipinski definition) is 3. The Morgan fingerprint density at radius 3 is 2.69 bits per heavy atom. The van der Waals surface area contributed by atoms with E-state index < -0.39 is 24.0 Å². The molecule has 4 rings (SSSR count). The summed E-state index contributed by atoms with van der Waals surface area (Å²) in [6.07, 6.45) is 15.6. The first-order valence-electron chi connectivity index (χ1n) is 11.7. The molecule has 4 aliphatic rings. The molecule has 7 nitrogen and oxygen atoms in total. The van der Waals surface area contributed by atoms with E-state index in [9.17, 15) is 14.7 Å². The number of nitrogens with one attached hydrogen (secondary N) is 1. The van der Waals surface area contributed by atoms with Gasteiger partial charge in [0, 0.05) is 5.41 Å². The fourth-order valence-electron chi connectivity index (χ4n) is 7.30. The molecule has 6 atom stereocenters. The Labute approximate surface area is 189 Å². The Morgan fingerprint density at radius 2 is 1.97 bits per heavy atom. The van der Waals surface area contributed by atoms with Crippen molar-refractivity contribution in [1.82, 2.24) is 5.32 Å². The number of amides is 1. The van der Waals surface area contributed by atoms with Crippen LogP contribution in [0.1, 0.15) is 65.2 Å². The SMILES string of the molecule is C#C[C@@]1(O)CC[C@@H]2[C@H]3CCC4=C/C(=N/OCC(=O)NCC(=O)O)CC[C@]4(C)[C@@H]3CC[C@@]21C. The molecule has 0 spiro atoms. The molecular weight excluding hydrogens is 408 g/mol. The minimum atomic E-state index is -1.10. The minimum absolute atomic E-state index is 0.124. The van der Waals surface area contributed by atoms with Crippen LogP contribution in [0.15, 0.2) is 16.8 Å². The van der Waals surface area contributed by atoms with E-state index in [1.807, 2.05) is 0 Å². The molecular formula is C25H34N2O5. The summed E-state index contributed by atoms with van der Waals surface area (Å²) < 4.78 is 0. The van der Waals surface area contributed by atoms with Crippen molar-refractivity contribution in [2.75, 3.05) is 13.2 Å². The third-order valence-corrected chi connectivity index (χ3v) is 9.18. The van der Waals surface area contributed by atoms with Gasteiger partial charge in [0.05, 0.1) is 5.71 Å². The van der Waals surface area contributed by atoms with Gasteiger partial charge in [-0.15, -0.1) is 6.42 Å². The van der Waals surface area contributed by atoms with E-state index in [0.29, 0.717) is 24.2 Å². The molecule has 0 aromatic carbocycles. The molecule has 0 saturated heterocycles. The van der Waals surface area contributed by atoms with Gasteiger partial charge in [-0.2, -0.15) is 0 Å². The number of hydrogen-bond acceptors (Lipinski definition) is 5. The summed E-state index contributed by atoms with van der Waals surface area (Å²) in [7, 11) is 0. The lowest BCUT2D eigenvalue weighted by atomic mass is 9.46. The summed E-state index contributed by atoms with van der Waals surface area (Å²) in [5.74, 6) is 2.80. The highest BCUT2D eigenvalue weighted by Gasteiger charge is 2.63. The molecule has 3 N–H and O–H groups in total. The van der Waals surface area contributed by atoms with Gasteiger partial charge in [-0.05, 0) is 80.6 Å². The summed E-state index contributed by atoms with van der Waals surface area (Å²) in [4.78, 5) is 27.3. The third kappa shape index (κ3) is 3.63. The fourth-order valence-corrected chi connectivity index (χ4v) is 7.30. The summed E-state index contributed by atoms with van der Waals surface area (Å²) in [5.41, 5.74) is 1.22. The molecule has 1 amide bonds. The Kier molecular flexibility index (Phi) is 5.87. The van der Waals surface area contributed by atoms with Crippen LogP contribution in [-0.4, -0.2) is 46.6 Å². The minimum Gasteiger partial charge on any atom is -0.480 e. The molecule has 0 unspecified atom stereocenters. The van der Waals surface area contributed by atoms with Gasteiger partial charge in [-0.3, -0.25) is 9.59 Å². The van der Waals surface area contributed by atoms with Gasteiger partial charge < -0.3 is 20.4 Å². The van der Waals surface area contributed by atoms with E-state index in [1.54, 1.807) is 0 Å². The fraction of sp³-hybridized carbons (Fsp3) is 0.720. The number of terminal acetylenes is 1. The zero-order valence-corrected chi connectivity index (χ0v) is 19.0. The van der Waals surface area contributed by atoms with Crippen LogP contribution in [0.2, 0.25) is 0 Å². The second-order valence-corrected chi connectivity index (χ2v) is 10.5. The Hall–Kier alpha value is -2.33. The maximum absolute atomic E-state index is 11.6. The van der Waals surface area contributed by atoms with E-state index >= 15 is 0 Å². The van der Waals surface area contributed by atoms with Crippen molar-refractivity contribution in [2.24, 2.45) is 33.7 Å². The van der Waals surface area contributed by atoms with Crippen LogP contribution in [0.5, 0.6) is 0 Å². The van der Waals surface area contributed by atoms with Crippen LogP contribution >= 0.6 is 0 Å². The smallest absolute Gasteiger partial charge is 0.322 e. The molecule has 0 bridgehead atoms. The first kappa shape index (κ1) is 22.8. The summed E-state index contributed by atoms with van der Waals surface area (Å²) in [6, 6.07) is 0. The van der Waals surface area contributed by atoms with E-state index in [1.165, 1.54) is 5.57 Å². The topological polar surface area (TPSA) is 108 Å². The lowest BCUT2D eigenvalue weighted by molar-refractivity contribution is -0.138. The number of carbonyl (C=O) groups excluding carboxylic acids is 1. The quantitative estimate of drug-likeness (QED) is 0.448. The molecule has 0 aromatic rings. The van der Waals surface area contributed by atoms with Crippen LogP contribution in [0.25, 0.3) is 0 Å². The highest BCUT2D eigenvalue weighted by molar-refractivity contribution is 5.96. The second kappa shape index (κ2) is 8.22. The predicted octanol–water partition coefficient (Wildman–Crippen LogP) is 2.89. The zero-order chi connectivity index (χ0) is 23.1. The lowest BCUT2D eigenvalue weighted by Gasteiger charge is -2.58. The third-order valence-electron chi connectivity index (χ3n) is 9.18. The maximum atomic E-state index is 11.6. The number of carbonyl (C=O) groups is 2. The number of carboxylic acid groups (broad SMARTS) is 1. The number of fused-ring (bicyclic) bond motifs is 5. The molecule has 32 heavy (non-hydrogen) atoms. The number of aliphatic hydroxyl groups is 1. The monoisotopic (exact) mass is 442 g/mol. The van der Waals surface area contributed by atoms with Crippen molar-refractivity contribution >= 4 is 17.6 Å². The highest BCUT2D eigenvalue weighted by atomic mass is 16.6. The first-order valence-corrected chi connectivity index (χ1v) is 11.7. The molecule has 174 valence electrons. The van der Waals surface area contributed by atoms with Crippen molar-refractivity contribution in [3.05, 3.63) is 11.6 Å². The Morgan fingerprint density at radius 1 is 1.22 bits per heavy atom. The van der Waals surface area contributed by atoms with E-state index in [-0.39, 0.29) is 17.4 Å². The Balaban J connectivity index is 1.44. The molecule has 0 radical (unpaired) electrons. The van der Waals surface area contributed by atoms with Crippen molar-refractivity contribution in [3.63, 3.8) is 0 Å². The normalized spacial score (nSPS) is 41.5. The average Bonchev–Trinajstić information content (AvgIpc) is 3.04. The van der Waals surface area contributed by atoms with Crippen LogP contribution in [0, 0.1) is 40.9 Å². The maximum Gasteiger partial charge on any atom is 0.322 e. The summed E-state index contributed by atoms with van der Waals surface area (Å²) >= 11 is 0. The first-order chi connectivity index (χ1) is 15.1. The van der Waals surface area contributed by atoms with E-state index in [2.05, 4.69) is 36.3 Å². The van der Waals surface area contributed by atoms with Crippen LogP contribution in [0.4, 0.5) is 0 Å². The van der Waals surface area contributed by atoms with Crippen molar-refractivity contribution in [2.45, 2.75) is 70.8 Å². The van der Waals surface area contributed by atoms with E-state index in [4.69, 9.17) is 16.4 Å². The van der Waals surface area contributed by atoms with Crippen LogP contribution in [-0.2, 0) is 14.4 Å². The molecule has 7 heteroatoms. The number of oxime groups is 1. The number of rotatable bonds is 5. The molecule has 0 aromatic heterocycles. The van der Waals surface area contributed by atoms with Gasteiger partial charge in [0.1, 0.15) is 12.1 Å². The number of nitrogens with zero attached hydrogens (tertiary/aromatic N) is 1. The number of carboxylic acids is 1. The van der Waals surface area contributed by atoms with Crippen molar-refractivity contribution in [1.29, 1.82) is 0 Å². The van der Waals surface area contributed by atoms with Gasteiger partial charge in [-0.25, -0.2) is 0 Å². The molecule has 0 aliphatic heterocycles. The van der Waals surface area contributed by atoms with Gasteiger partial charge in [0.15, 0.2) is 6.61 Å². The number of aliphatic carboxylic acids is 1. The molecule has 3 fully saturated rings. The summed E-state index contributed by atoms with van der Waals surface area (Å²) in [6.45, 7) is 3.88. The highest BCUT2D eigenvalue weighted by Crippen LogP contribution is 2.67. The van der Waals surface area contributed by atoms with Gasteiger partial charge in [0.25, 0.3) is 5.91 Å². The average molecular weight is 443 g/mol. The van der Waals surface area contributed by atoms with Crippen molar-refractivity contribution < 1.29 is 24.6 Å². The lowest BCUT2D eigenvalue weighted by Crippen LogP contribution is -2.54. The second-order valence-electron chi connectivity index (χ2n) is 10.5. The predicted molar refractivity (Wildman–Crippen MR) is 120 cm³/mol.